The van der Waals surface area contributed by atoms with Gasteiger partial charge in [-0.1, -0.05) is 30.2 Å². The molecule has 0 saturated carbocycles. The molecule has 164 valence electrons. The van der Waals surface area contributed by atoms with Gasteiger partial charge in [0.25, 0.3) is 5.91 Å². The van der Waals surface area contributed by atoms with Crippen molar-refractivity contribution in [2.75, 3.05) is 12.4 Å². The molecular formula is C24H24ClN5O2. The summed E-state index contributed by atoms with van der Waals surface area (Å²) in [6, 6.07) is 12.3. The Morgan fingerprint density at radius 3 is 2.66 bits per heavy atom. The molecule has 0 fully saturated rings. The molecular weight excluding hydrogens is 426 g/mol. The van der Waals surface area contributed by atoms with Gasteiger partial charge in [-0.25, -0.2) is 0 Å². The summed E-state index contributed by atoms with van der Waals surface area (Å²) in [5.74, 6) is 1.29. The Kier molecular flexibility index (Phi) is 6.66. The van der Waals surface area contributed by atoms with Crippen LogP contribution in [0.4, 0.5) is 5.69 Å². The monoisotopic (exact) mass is 449 g/mol. The van der Waals surface area contributed by atoms with Gasteiger partial charge in [0.1, 0.15) is 5.82 Å². The number of hydrogen-bond donors (Lipinski definition) is 2. The third-order valence-corrected chi connectivity index (χ3v) is 5.74. The molecule has 0 saturated heterocycles. The van der Waals surface area contributed by atoms with Crippen LogP contribution in [0.1, 0.15) is 41.0 Å². The van der Waals surface area contributed by atoms with E-state index in [1.807, 2.05) is 6.07 Å². The Balaban J connectivity index is 1.48. The summed E-state index contributed by atoms with van der Waals surface area (Å²) >= 11 is 6.46. The molecule has 1 aliphatic rings. The minimum absolute atomic E-state index is 0.152. The van der Waals surface area contributed by atoms with Crippen LogP contribution in [-0.2, 0) is 17.8 Å². The first-order chi connectivity index (χ1) is 15.5. The van der Waals surface area contributed by atoms with Crippen molar-refractivity contribution in [3.05, 3.63) is 70.5 Å². The zero-order chi connectivity index (χ0) is 22.5. The van der Waals surface area contributed by atoms with Crippen molar-refractivity contribution < 1.29 is 9.59 Å². The Labute approximate surface area is 191 Å². The highest BCUT2D eigenvalue weighted by molar-refractivity contribution is 6.33. The SMILES string of the molecule is CNC(=O)c1ccc(C=CC(=O)Nc2ccc(Cl)c(-c3nnc4n3CCCCC4)c2)cc1. The molecule has 32 heavy (non-hydrogen) atoms. The number of rotatable bonds is 5. The third kappa shape index (κ3) is 4.89. The maximum absolute atomic E-state index is 12.4. The number of fused-ring (bicyclic) bond motifs is 1. The first-order valence-electron chi connectivity index (χ1n) is 10.6. The summed E-state index contributed by atoms with van der Waals surface area (Å²) in [7, 11) is 1.59. The second-order valence-corrected chi connectivity index (χ2v) is 8.03. The van der Waals surface area contributed by atoms with E-state index in [0.717, 1.165) is 48.6 Å². The lowest BCUT2D eigenvalue weighted by atomic mass is 10.1. The first-order valence-corrected chi connectivity index (χ1v) is 11.0. The Bertz CT molecular complexity index is 1170. The average Bonchev–Trinajstić information content (AvgIpc) is 3.06. The molecule has 0 atom stereocenters. The van der Waals surface area contributed by atoms with Gasteiger partial charge < -0.3 is 15.2 Å². The Morgan fingerprint density at radius 2 is 1.88 bits per heavy atom. The van der Waals surface area contributed by atoms with Crippen molar-refractivity contribution in [2.45, 2.75) is 32.2 Å². The Morgan fingerprint density at radius 1 is 1.06 bits per heavy atom. The van der Waals surface area contributed by atoms with Crippen LogP contribution in [0.15, 0.2) is 48.5 Å². The fourth-order valence-electron chi connectivity index (χ4n) is 3.70. The summed E-state index contributed by atoms with van der Waals surface area (Å²) in [5, 5.41) is 14.7. The topological polar surface area (TPSA) is 88.9 Å². The van der Waals surface area contributed by atoms with E-state index in [1.54, 1.807) is 49.5 Å². The molecule has 2 amide bonds. The van der Waals surface area contributed by atoms with E-state index in [0.29, 0.717) is 16.3 Å². The summed E-state index contributed by atoms with van der Waals surface area (Å²) in [4.78, 5) is 24.1. The van der Waals surface area contributed by atoms with Crippen LogP contribution >= 0.6 is 11.6 Å². The van der Waals surface area contributed by atoms with E-state index in [2.05, 4.69) is 25.4 Å². The zero-order valence-electron chi connectivity index (χ0n) is 17.8. The summed E-state index contributed by atoms with van der Waals surface area (Å²) in [6.07, 6.45) is 7.43. The lowest BCUT2D eigenvalue weighted by molar-refractivity contribution is -0.111. The van der Waals surface area contributed by atoms with Gasteiger partial charge in [0.2, 0.25) is 5.91 Å². The van der Waals surface area contributed by atoms with Gasteiger partial charge in [0.15, 0.2) is 5.82 Å². The molecule has 8 heteroatoms. The normalized spacial score (nSPS) is 13.4. The standard InChI is InChI=1S/C24H24ClN5O2/c1-26-24(32)17-9-6-16(7-10-17)8-13-22(31)27-18-11-12-20(25)19(15-18)23-29-28-21-5-3-2-4-14-30(21)23/h6-13,15H,2-5,14H2,1H3,(H,26,32)(H,27,31). The Hall–Kier alpha value is -3.45. The maximum atomic E-state index is 12.4. The number of carbonyl (C=O) groups is 2. The van der Waals surface area contributed by atoms with Gasteiger partial charge in [-0.2, -0.15) is 0 Å². The van der Waals surface area contributed by atoms with Crippen molar-refractivity contribution in [3.8, 4) is 11.4 Å². The van der Waals surface area contributed by atoms with E-state index < -0.39 is 0 Å². The van der Waals surface area contributed by atoms with E-state index in [-0.39, 0.29) is 11.8 Å². The molecule has 2 heterocycles. The van der Waals surface area contributed by atoms with Crippen LogP contribution in [0.5, 0.6) is 0 Å². The van der Waals surface area contributed by atoms with Crippen LogP contribution in [0.3, 0.4) is 0 Å². The highest BCUT2D eigenvalue weighted by Crippen LogP contribution is 2.31. The number of anilines is 1. The van der Waals surface area contributed by atoms with Gasteiger partial charge in [-0.15, -0.1) is 10.2 Å². The quantitative estimate of drug-likeness (QED) is 0.567. The fourth-order valence-corrected chi connectivity index (χ4v) is 3.91. The van der Waals surface area contributed by atoms with Crippen molar-refractivity contribution >= 4 is 35.2 Å². The molecule has 1 aromatic heterocycles. The number of amides is 2. The van der Waals surface area contributed by atoms with Crippen molar-refractivity contribution in [1.29, 1.82) is 0 Å². The second kappa shape index (κ2) is 9.78. The molecule has 3 aromatic rings. The molecule has 0 unspecified atom stereocenters. The van der Waals surface area contributed by atoms with Crippen molar-refractivity contribution in [3.63, 3.8) is 0 Å². The molecule has 2 N–H and O–H groups in total. The van der Waals surface area contributed by atoms with E-state index >= 15 is 0 Å². The van der Waals surface area contributed by atoms with Gasteiger partial charge in [-0.05, 0) is 54.8 Å². The molecule has 7 nitrogen and oxygen atoms in total. The number of hydrogen-bond acceptors (Lipinski definition) is 4. The highest BCUT2D eigenvalue weighted by Gasteiger charge is 2.18. The number of aryl methyl sites for hydroxylation is 1. The van der Waals surface area contributed by atoms with Crippen LogP contribution in [0, 0.1) is 0 Å². The minimum Gasteiger partial charge on any atom is -0.355 e. The van der Waals surface area contributed by atoms with Crippen molar-refractivity contribution in [1.82, 2.24) is 20.1 Å². The lowest BCUT2D eigenvalue weighted by Crippen LogP contribution is -2.17. The first kappa shape index (κ1) is 21.8. The second-order valence-electron chi connectivity index (χ2n) is 7.62. The van der Waals surface area contributed by atoms with Gasteiger partial charge in [0, 0.05) is 42.9 Å². The van der Waals surface area contributed by atoms with Gasteiger partial charge in [-0.3, -0.25) is 9.59 Å². The molecule has 0 bridgehead atoms. The molecule has 2 aromatic carbocycles. The highest BCUT2D eigenvalue weighted by atomic mass is 35.5. The molecule has 0 aliphatic carbocycles. The molecule has 4 rings (SSSR count). The number of carbonyl (C=O) groups excluding carboxylic acids is 2. The lowest BCUT2D eigenvalue weighted by Gasteiger charge is -2.10. The van der Waals surface area contributed by atoms with E-state index in [1.165, 1.54) is 12.5 Å². The average molecular weight is 450 g/mol. The van der Waals surface area contributed by atoms with Crippen LogP contribution in [-0.4, -0.2) is 33.6 Å². The van der Waals surface area contributed by atoms with Gasteiger partial charge in [0.05, 0.1) is 5.02 Å². The molecule has 0 radical (unpaired) electrons. The molecule has 0 spiro atoms. The number of halogens is 1. The van der Waals surface area contributed by atoms with E-state index in [4.69, 9.17) is 11.6 Å². The number of nitrogens with one attached hydrogen (secondary N) is 2. The fraction of sp³-hybridized carbons (Fsp3) is 0.250. The molecule has 1 aliphatic heterocycles. The van der Waals surface area contributed by atoms with Crippen molar-refractivity contribution in [2.24, 2.45) is 0 Å². The zero-order valence-corrected chi connectivity index (χ0v) is 18.5. The number of benzene rings is 2. The number of aromatic nitrogens is 3. The predicted molar refractivity (Wildman–Crippen MR) is 126 cm³/mol. The minimum atomic E-state index is -0.270. The number of nitrogens with zero attached hydrogens (tertiary/aromatic N) is 3. The maximum Gasteiger partial charge on any atom is 0.251 e. The summed E-state index contributed by atoms with van der Waals surface area (Å²) in [6.45, 7) is 0.867. The van der Waals surface area contributed by atoms with Crippen LogP contribution < -0.4 is 10.6 Å². The van der Waals surface area contributed by atoms with E-state index in [9.17, 15) is 9.59 Å². The third-order valence-electron chi connectivity index (χ3n) is 5.41. The largest absolute Gasteiger partial charge is 0.355 e. The summed E-state index contributed by atoms with van der Waals surface area (Å²) in [5.41, 5.74) is 2.75. The van der Waals surface area contributed by atoms with Gasteiger partial charge >= 0.3 is 0 Å². The van der Waals surface area contributed by atoms with Crippen LogP contribution in [0.2, 0.25) is 5.02 Å². The van der Waals surface area contributed by atoms with Crippen LogP contribution in [0.25, 0.3) is 17.5 Å². The summed E-state index contributed by atoms with van der Waals surface area (Å²) < 4.78 is 2.13. The smallest absolute Gasteiger partial charge is 0.251 e. The predicted octanol–water partition coefficient (Wildman–Crippen LogP) is 4.34.